The molecule has 134 valence electrons. The molecular weight excluding hydrogens is 323 g/mol. The van der Waals surface area contributed by atoms with Gasteiger partial charge in [0, 0.05) is 24.7 Å². The standard InChI is InChI=1S/C19H23FN2O3/c1-4-25-19(24)15-9-21-17-12(3)7-13(20)8-14(17)18(15)22-6-5-11(2)16(23)10-22/h7-9,11,16,23H,4-6,10H2,1-3H3. The van der Waals surface area contributed by atoms with E-state index in [1.54, 1.807) is 13.8 Å². The average Bonchev–Trinajstić information content (AvgIpc) is 2.56. The van der Waals surface area contributed by atoms with Crippen molar-refractivity contribution in [3.63, 3.8) is 0 Å². The summed E-state index contributed by atoms with van der Waals surface area (Å²) in [6, 6.07) is 2.83. The predicted octanol–water partition coefficient (Wildman–Crippen LogP) is 3.07. The molecule has 0 radical (unpaired) electrons. The molecule has 2 aromatic rings. The number of benzene rings is 1. The van der Waals surface area contributed by atoms with Crippen LogP contribution >= 0.6 is 0 Å². The minimum atomic E-state index is -0.498. The van der Waals surface area contributed by atoms with Crippen molar-refractivity contribution in [2.45, 2.75) is 33.3 Å². The van der Waals surface area contributed by atoms with Crippen molar-refractivity contribution >= 4 is 22.6 Å². The summed E-state index contributed by atoms with van der Waals surface area (Å²) < 4.78 is 19.2. The molecule has 5 nitrogen and oxygen atoms in total. The lowest BCUT2D eigenvalue weighted by atomic mass is 9.94. The number of hydrogen-bond acceptors (Lipinski definition) is 5. The number of aryl methyl sites for hydroxylation is 1. The number of esters is 1. The van der Waals surface area contributed by atoms with Crippen molar-refractivity contribution < 1.29 is 19.0 Å². The number of rotatable bonds is 3. The molecule has 25 heavy (non-hydrogen) atoms. The first-order valence-electron chi connectivity index (χ1n) is 8.61. The zero-order valence-corrected chi connectivity index (χ0v) is 14.8. The molecule has 1 saturated heterocycles. The first kappa shape index (κ1) is 17.6. The molecule has 2 atom stereocenters. The van der Waals surface area contributed by atoms with Gasteiger partial charge in [-0.05, 0) is 43.9 Å². The maximum atomic E-state index is 14.1. The highest BCUT2D eigenvalue weighted by atomic mass is 19.1. The van der Waals surface area contributed by atoms with Gasteiger partial charge in [-0.15, -0.1) is 0 Å². The van der Waals surface area contributed by atoms with E-state index in [4.69, 9.17) is 4.74 Å². The molecular formula is C19H23FN2O3. The number of fused-ring (bicyclic) bond motifs is 1. The smallest absolute Gasteiger partial charge is 0.341 e. The molecule has 6 heteroatoms. The highest BCUT2D eigenvalue weighted by molar-refractivity contribution is 6.06. The van der Waals surface area contributed by atoms with Gasteiger partial charge < -0.3 is 14.7 Å². The van der Waals surface area contributed by atoms with Crippen LogP contribution < -0.4 is 4.90 Å². The number of hydrogen-bond donors (Lipinski definition) is 1. The van der Waals surface area contributed by atoms with E-state index < -0.39 is 12.1 Å². The van der Waals surface area contributed by atoms with Gasteiger partial charge in [-0.1, -0.05) is 6.92 Å². The molecule has 0 bridgehead atoms. The summed E-state index contributed by atoms with van der Waals surface area (Å²) >= 11 is 0. The average molecular weight is 346 g/mol. The topological polar surface area (TPSA) is 62.7 Å². The van der Waals surface area contributed by atoms with E-state index in [0.29, 0.717) is 40.8 Å². The lowest BCUT2D eigenvalue weighted by Gasteiger charge is -2.37. The van der Waals surface area contributed by atoms with E-state index >= 15 is 0 Å². The maximum absolute atomic E-state index is 14.1. The number of anilines is 1. The van der Waals surface area contributed by atoms with Gasteiger partial charge in [0.2, 0.25) is 0 Å². The monoisotopic (exact) mass is 346 g/mol. The van der Waals surface area contributed by atoms with E-state index in [1.807, 2.05) is 11.8 Å². The number of aliphatic hydroxyl groups excluding tert-OH is 1. The minimum absolute atomic E-state index is 0.189. The largest absolute Gasteiger partial charge is 0.462 e. The van der Waals surface area contributed by atoms with Gasteiger partial charge in [0.1, 0.15) is 11.4 Å². The van der Waals surface area contributed by atoms with Crippen LogP contribution in [0.25, 0.3) is 10.9 Å². The molecule has 0 aliphatic carbocycles. The summed E-state index contributed by atoms with van der Waals surface area (Å²) in [7, 11) is 0. The van der Waals surface area contributed by atoms with E-state index in [1.165, 1.54) is 18.3 Å². The summed E-state index contributed by atoms with van der Waals surface area (Å²) in [4.78, 5) is 18.7. The second-order valence-corrected chi connectivity index (χ2v) is 6.64. The molecule has 2 heterocycles. The number of ether oxygens (including phenoxy) is 1. The Morgan fingerprint density at radius 2 is 2.24 bits per heavy atom. The zero-order chi connectivity index (χ0) is 18.1. The van der Waals surface area contributed by atoms with Crippen molar-refractivity contribution in [1.82, 2.24) is 4.98 Å². The zero-order valence-electron chi connectivity index (χ0n) is 14.8. The molecule has 1 aromatic carbocycles. The first-order chi connectivity index (χ1) is 11.9. The first-order valence-corrected chi connectivity index (χ1v) is 8.61. The maximum Gasteiger partial charge on any atom is 0.341 e. The number of aliphatic hydroxyl groups is 1. The Kier molecular flexibility index (Phi) is 4.90. The van der Waals surface area contributed by atoms with Gasteiger partial charge in [-0.3, -0.25) is 4.98 Å². The van der Waals surface area contributed by atoms with Crippen molar-refractivity contribution in [3.8, 4) is 0 Å². The van der Waals surface area contributed by atoms with Gasteiger partial charge in [0.15, 0.2) is 0 Å². The molecule has 0 amide bonds. The molecule has 2 unspecified atom stereocenters. The van der Waals surface area contributed by atoms with Crippen molar-refractivity contribution in [1.29, 1.82) is 0 Å². The van der Waals surface area contributed by atoms with Crippen LogP contribution in [0.5, 0.6) is 0 Å². The molecule has 1 aliphatic heterocycles. The molecule has 1 fully saturated rings. The highest BCUT2D eigenvalue weighted by Crippen LogP contribution is 2.35. The van der Waals surface area contributed by atoms with Crippen molar-refractivity contribution in [2.24, 2.45) is 5.92 Å². The third kappa shape index (κ3) is 3.31. The van der Waals surface area contributed by atoms with Crippen LogP contribution in [0.3, 0.4) is 0 Å². The molecule has 1 aliphatic rings. The fourth-order valence-corrected chi connectivity index (χ4v) is 3.37. The predicted molar refractivity (Wildman–Crippen MR) is 94.4 cm³/mol. The molecule has 0 spiro atoms. The number of carbonyl (C=O) groups excluding carboxylic acids is 1. The lowest BCUT2D eigenvalue weighted by molar-refractivity contribution is 0.0525. The van der Waals surface area contributed by atoms with Gasteiger partial charge >= 0.3 is 5.97 Å². The Morgan fingerprint density at radius 3 is 2.92 bits per heavy atom. The second-order valence-electron chi connectivity index (χ2n) is 6.64. The number of halogens is 1. The Hall–Kier alpha value is -2.21. The number of aromatic nitrogens is 1. The van der Waals surface area contributed by atoms with Crippen molar-refractivity contribution in [2.75, 3.05) is 24.6 Å². The summed E-state index contributed by atoms with van der Waals surface area (Å²) in [6.07, 6.45) is 1.79. The number of pyridine rings is 1. The summed E-state index contributed by atoms with van der Waals surface area (Å²) in [5.74, 6) is -0.671. The number of nitrogens with zero attached hydrogens (tertiary/aromatic N) is 2. The van der Waals surface area contributed by atoms with Crippen molar-refractivity contribution in [3.05, 3.63) is 35.3 Å². The number of piperidine rings is 1. The van der Waals surface area contributed by atoms with E-state index in [2.05, 4.69) is 4.98 Å². The van der Waals surface area contributed by atoms with Crippen LogP contribution in [0.15, 0.2) is 18.3 Å². The van der Waals surface area contributed by atoms with Gasteiger partial charge in [0.05, 0.1) is 23.9 Å². The van der Waals surface area contributed by atoms with E-state index in [0.717, 1.165) is 6.42 Å². The minimum Gasteiger partial charge on any atom is -0.462 e. The SMILES string of the molecule is CCOC(=O)c1cnc2c(C)cc(F)cc2c1N1CCC(C)C(O)C1. The van der Waals surface area contributed by atoms with Crippen LogP contribution in [0.4, 0.5) is 10.1 Å². The number of β-amino-alcohol motifs (C(OH)–C–C–N with tert-alkyl or cyclic N) is 1. The molecule has 0 saturated carbocycles. The Morgan fingerprint density at radius 1 is 1.48 bits per heavy atom. The van der Waals surface area contributed by atoms with Gasteiger partial charge in [0.25, 0.3) is 0 Å². The van der Waals surface area contributed by atoms with Crippen LogP contribution in [0.1, 0.15) is 36.2 Å². The third-order valence-corrected chi connectivity index (χ3v) is 4.83. The van der Waals surface area contributed by atoms with Crippen LogP contribution in [-0.4, -0.2) is 41.9 Å². The van der Waals surface area contributed by atoms with Crippen LogP contribution in [0.2, 0.25) is 0 Å². The Labute approximate surface area is 146 Å². The highest BCUT2D eigenvalue weighted by Gasteiger charge is 2.29. The summed E-state index contributed by atoms with van der Waals surface area (Å²) in [5, 5.41) is 10.8. The third-order valence-electron chi connectivity index (χ3n) is 4.83. The van der Waals surface area contributed by atoms with Gasteiger partial charge in [-0.25, -0.2) is 9.18 Å². The van der Waals surface area contributed by atoms with Gasteiger partial charge in [-0.2, -0.15) is 0 Å². The molecule has 1 N–H and O–H groups in total. The number of carbonyl (C=O) groups is 1. The fraction of sp³-hybridized carbons (Fsp3) is 0.474. The quantitative estimate of drug-likeness (QED) is 0.866. The fourth-order valence-electron chi connectivity index (χ4n) is 3.37. The summed E-state index contributed by atoms with van der Waals surface area (Å²) in [6.45, 7) is 6.85. The summed E-state index contributed by atoms with van der Waals surface area (Å²) in [5.41, 5.74) is 2.26. The van der Waals surface area contributed by atoms with Crippen LogP contribution in [-0.2, 0) is 4.74 Å². The lowest BCUT2D eigenvalue weighted by Crippen LogP contribution is -2.43. The second kappa shape index (κ2) is 6.96. The Bertz CT molecular complexity index is 809. The van der Waals surface area contributed by atoms with E-state index in [9.17, 15) is 14.3 Å². The normalized spacial score (nSPS) is 20.8. The molecule has 3 rings (SSSR count). The Balaban J connectivity index is 2.20. The molecule has 1 aromatic heterocycles. The van der Waals surface area contributed by atoms with E-state index in [-0.39, 0.29) is 18.3 Å². The van der Waals surface area contributed by atoms with Crippen LogP contribution in [0, 0.1) is 18.7 Å².